The molecule has 1 N–H and O–H groups in total. The SMILES string of the molecule is CSc1ncccc1C(=O)O[C@@H](C)C(=O)N[C@H]1CCCc2ccccc21. The average Bonchev–Trinajstić information content (AvgIpc) is 2.68. The number of thioether (sulfide) groups is 1. The monoisotopic (exact) mass is 370 g/mol. The lowest BCUT2D eigenvalue weighted by molar-refractivity contribution is -0.130. The molecule has 5 nitrogen and oxygen atoms in total. The van der Waals surface area contributed by atoms with Gasteiger partial charge >= 0.3 is 5.97 Å². The van der Waals surface area contributed by atoms with Gasteiger partial charge in [0.2, 0.25) is 0 Å². The van der Waals surface area contributed by atoms with Gasteiger partial charge in [-0.05, 0) is 55.7 Å². The van der Waals surface area contributed by atoms with Gasteiger partial charge in [-0.1, -0.05) is 24.3 Å². The molecule has 0 saturated heterocycles. The van der Waals surface area contributed by atoms with Crippen molar-refractivity contribution in [1.82, 2.24) is 10.3 Å². The van der Waals surface area contributed by atoms with Crippen molar-refractivity contribution >= 4 is 23.6 Å². The molecule has 6 heteroatoms. The van der Waals surface area contributed by atoms with E-state index < -0.39 is 12.1 Å². The van der Waals surface area contributed by atoms with Crippen LogP contribution in [0.1, 0.15) is 47.3 Å². The molecule has 1 amide bonds. The van der Waals surface area contributed by atoms with Crippen molar-refractivity contribution in [2.24, 2.45) is 0 Å². The number of ether oxygens (including phenoxy) is 1. The van der Waals surface area contributed by atoms with E-state index in [0.29, 0.717) is 10.6 Å². The van der Waals surface area contributed by atoms with Gasteiger partial charge in [-0.25, -0.2) is 9.78 Å². The lowest BCUT2D eigenvalue weighted by atomic mass is 9.87. The molecule has 0 saturated carbocycles. The number of carbonyl (C=O) groups excluding carboxylic acids is 2. The van der Waals surface area contributed by atoms with E-state index in [1.807, 2.05) is 18.4 Å². The highest BCUT2D eigenvalue weighted by atomic mass is 32.2. The molecule has 0 spiro atoms. The van der Waals surface area contributed by atoms with Crippen molar-refractivity contribution in [3.8, 4) is 0 Å². The normalized spacial score (nSPS) is 17.1. The average molecular weight is 370 g/mol. The molecule has 1 aliphatic rings. The quantitative estimate of drug-likeness (QED) is 0.644. The molecule has 1 aromatic heterocycles. The highest BCUT2D eigenvalue weighted by Crippen LogP contribution is 2.29. The Balaban J connectivity index is 1.65. The summed E-state index contributed by atoms with van der Waals surface area (Å²) in [4.78, 5) is 29.1. The summed E-state index contributed by atoms with van der Waals surface area (Å²) in [7, 11) is 0. The van der Waals surface area contributed by atoms with E-state index in [9.17, 15) is 9.59 Å². The summed E-state index contributed by atoms with van der Waals surface area (Å²) >= 11 is 1.37. The number of amides is 1. The fourth-order valence-electron chi connectivity index (χ4n) is 3.18. The Kier molecular flexibility index (Phi) is 5.93. The van der Waals surface area contributed by atoms with Crippen LogP contribution >= 0.6 is 11.8 Å². The van der Waals surface area contributed by atoms with Crippen LogP contribution in [-0.4, -0.2) is 29.2 Å². The van der Waals surface area contributed by atoms with Gasteiger partial charge in [0.15, 0.2) is 6.10 Å². The van der Waals surface area contributed by atoms with Crippen molar-refractivity contribution in [2.45, 2.75) is 43.4 Å². The standard InChI is InChI=1S/C20H22N2O3S/c1-13(25-20(24)16-10-6-12-21-19(16)26-2)18(23)22-17-11-5-8-14-7-3-4-9-15(14)17/h3-4,6-7,9-10,12-13,17H,5,8,11H2,1-2H3,(H,22,23)/t13-,17-/m0/s1. The maximum Gasteiger partial charge on any atom is 0.341 e. The van der Waals surface area contributed by atoms with Crippen LogP contribution in [0.15, 0.2) is 47.6 Å². The zero-order chi connectivity index (χ0) is 18.5. The zero-order valence-corrected chi connectivity index (χ0v) is 15.7. The van der Waals surface area contributed by atoms with Gasteiger partial charge in [-0.2, -0.15) is 0 Å². The molecule has 0 aliphatic heterocycles. The van der Waals surface area contributed by atoms with Gasteiger partial charge in [0, 0.05) is 6.20 Å². The largest absolute Gasteiger partial charge is 0.449 e. The summed E-state index contributed by atoms with van der Waals surface area (Å²) in [6.45, 7) is 1.59. The van der Waals surface area contributed by atoms with Crippen LogP contribution in [0.2, 0.25) is 0 Å². The molecule has 2 atom stereocenters. The van der Waals surface area contributed by atoms with Gasteiger partial charge in [-0.3, -0.25) is 4.79 Å². The van der Waals surface area contributed by atoms with Crippen molar-refractivity contribution in [2.75, 3.05) is 6.26 Å². The van der Waals surface area contributed by atoms with E-state index in [0.717, 1.165) is 24.8 Å². The summed E-state index contributed by atoms with van der Waals surface area (Å²) in [6, 6.07) is 11.5. The number of hydrogen-bond donors (Lipinski definition) is 1. The number of pyridine rings is 1. The number of esters is 1. The van der Waals surface area contributed by atoms with E-state index in [2.05, 4.69) is 22.4 Å². The predicted octanol–water partition coefficient (Wildman–Crippen LogP) is 3.54. The summed E-state index contributed by atoms with van der Waals surface area (Å²) in [6.07, 6.45) is 5.55. The first-order valence-corrected chi connectivity index (χ1v) is 9.90. The van der Waals surface area contributed by atoms with Gasteiger partial charge in [0.25, 0.3) is 5.91 Å². The first kappa shape index (κ1) is 18.5. The minimum atomic E-state index is -0.869. The van der Waals surface area contributed by atoms with E-state index in [1.54, 1.807) is 25.3 Å². The van der Waals surface area contributed by atoms with Crippen molar-refractivity contribution < 1.29 is 14.3 Å². The lowest BCUT2D eigenvalue weighted by Gasteiger charge is -2.27. The van der Waals surface area contributed by atoms with Gasteiger partial charge in [0.1, 0.15) is 5.03 Å². The van der Waals surface area contributed by atoms with Crippen LogP contribution in [0.3, 0.4) is 0 Å². The summed E-state index contributed by atoms with van der Waals surface area (Å²) in [5.41, 5.74) is 2.80. The fourth-order valence-corrected chi connectivity index (χ4v) is 3.72. The van der Waals surface area contributed by atoms with Crippen molar-refractivity contribution in [1.29, 1.82) is 0 Å². The summed E-state index contributed by atoms with van der Waals surface area (Å²) in [5, 5.41) is 3.61. The van der Waals surface area contributed by atoms with E-state index in [1.165, 1.54) is 17.3 Å². The van der Waals surface area contributed by atoms with E-state index in [4.69, 9.17) is 4.74 Å². The highest BCUT2D eigenvalue weighted by molar-refractivity contribution is 7.98. The molecular weight excluding hydrogens is 348 g/mol. The zero-order valence-electron chi connectivity index (χ0n) is 14.9. The number of hydrogen-bond acceptors (Lipinski definition) is 5. The molecule has 1 aromatic carbocycles. The van der Waals surface area contributed by atoms with Crippen LogP contribution in [0.4, 0.5) is 0 Å². The fraction of sp³-hybridized carbons (Fsp3) is 0.350. The molecule has 0 fully saturated rings. The third-order valence-corrected chi connectivity index (χ3v) is 5.24. The molecule has 0 bridgehead atoms. The van der Waals surface area contributed by atoms with Crippen molar-refractivity contribution in [3.63, 3.8) is 0 Å². The van der Waals surface area contributed by atoms with Gasteiger partial charge < -0.3 is 10.1 Å². The van der Waals surface area contributed by atoms with Crippen LogP contribution in [0, 0.1) is 0 Å². The highest BCUT2D eigenvalue weighted by Gasteiger charge is 2.26. The molecular formula is C20H22N2O3S. The Morgan fingerprint density at radius 1 is 1.27 bits per heavy atom. The second-order valence-electron chi connectivity index (χ2n) is 6.26. The number of benzene rings is 1. The molecule has 26 heavy (non-hydrogen) atoms. The minimum absolute atomic E-state index is 0.0336. The van der Waals surface area contributed by atoms with Crippen LogP contribution in [-0.2, 0) is 16.0 Å². The van der Waals surface area contributed by atoms with Gasteiger partial charge in [0.05, 0.1) is 11.6 Å². The Morgan fingerprint density at radius 2 is 2.08 bits per heavy atom. The first-order valence-electron chi connectivity index (χ1n) is 8.68. The third kappa shape index (κ3) is 4.07. The Hall–Kier alpha value is -2.34. The smallest absolute Gasteiger partial charge is 0.341 e. The molecule has 1 heterocycles. The van der Waals surface area contributed by atoms with Crippen LogP contribution < -0.4 is 5.32 Å². The minimum Gasteiger partial charge on any atom is -0.449 e. The topological polar surface area (TPSA) is 68.3 Å². The molecule has 0 radical (unpaired) electrons. The number of carbonyl (C=O) groups is 2. The second-order valence-corrected chi connectivity index (χ2v) is 7.05. The first-order chi connectivity index (χ1) is 12.6. The summed E-state index contributed by atoms with van der Waals surface area (Å²) < 4.78 is 5.37. The Bertz CT molecular complexity index is 809. The maximum absolute atomic E-state index is 12.5. The number of fused-ring (bicyclic) bond motifs is 1. The van der Waals surface area contributed by atoms with Crippen LogP contribution in [0.5, 0.6) is 0 Å². The maximum atomic E-state index is 12.5. The molecule has 136 valence electrons. The van der Waals surface area contributed by atoms with Crippen LogP contribution in [0.25, 0.3) is 0 Å². The van der Waals surface area contributed by atoms with E-state index >= 15 is 0 Å². The number of nitrogens with zero attached hydrogens (tertiary/aromatic N) is 1. The molecule has 2 aromatic rings. The van der Waals surface area contributed by atoms with Crippen molar-refractivity contribution in [3.05, 3.63) is 59.3 Å². The number of aromatic nitrogens is 1. The Labute approximate surface area is 157 Å². The second kappa shape index (κ2) is 8.36. The lowest BCUT2D eigenvalue weighted by Crippen LogP contribution is -2.39. The number of rotatable bonds is 5. The van der Waals surface area contributed by atoms with E-state index in [-0.39, 0.29) is 11.9 Å². The predicted molar refractivity (Wildman–Crippen MR) is 101 cm³/mol. The molecule has 3 rings (SSSR count). The number of nitrogens with one attached hydrogen (secondary N) is 1. The summed E-state index contributed by atoms with van der Waals surface area (Å²) in [5.74, 6) is -0.816. The van der Waals surface area contributed by atoms with Gasteiger partial charge in [-0.15, -0.1) is 11.8 Å². The Morgan fingerprint density at radius 3 is 2.88 bits per heavy atom. The number of aryl methyl sites for hydroxylation is 1. The molecule has 0 unspecified atom stereocenters. The third-order valence-electron chi connectivity index (χ3n) is 4.52. The molecule has 1 aliphatic carbocycles.